The molecule has 1 aromatic heterocycles. The van der Waals surface area contributed by atoms with E-state index in [2.05, 4.69) is 17.1 Å². The van der Waals surface area contributed by atoms with Crippen LogP contribution in [-0.4, -0.2) is 4.98 Å². The van der Waals surface area contributed by atoms with Gasteiger partial charge in [0.05, 0.1) is 5.02 Å². The lowest BCUT2D eigenvalue weighted by Gasteiger charge is -2.34. The van der Waals surface area contributed by atoms with Crippen LogP contribution in [-0.2, 0) is 5.54 Å². The third-order valence-electron chi connectivity index (χ3n) is 3.95. The van der Waals surface area contributed by atoms with Crippen LogP contribution in [0.1, 0.15) is 37.7 Å². The van der Waals surface area contributed by atoms with Crippen LogP contribution in [0.5, 0.6) is 0 Å². The normalized spacial score (nSPS) is 19.6. The van der Waals surface area contributed by atoms with Crippen LogP contribution in [0, 0.1) is 0 Å². The van der Waals surface area contributed by atoms with Crippen molar-refractivity contribution in [3.63, 3.8) is 0 Å². The molecule has 0 spiro atoms. The van der Waals surface area contributed by atoms with E-state index >= 15 is 0 Å². The molecule has 17 heavy (non-hydrogen) atoms. The first-order valence-corrected chi connectivity index (χ1v) is 6.63. The van der Waals surface area contributed by atoms with Crippen molar-refractivity contribution in [2.75, 3.05) is 0 Å². The SMILES string of the molecule is NC1(c2ccc3[nH]ccc3c2Cl)CCCCC1. The predicted molar refractivity (Wildman–Crippen MR) is 72.3 cm³/mol. The Morgan fingerprint density at radius 3 is 2.65 bits per heavy atom. The molecular weight excluding hydrogens is 232 g/mol. The van der Waals surface area contributed by atoms with Crippen LogP contribution < -0.4 is 5.73 Å². The minimum atomic E-state index is -0.221. The van der Waals surface area contributed by atoms with Crippen molar-refractivity contribution in [2.45, 2.75) is 37.6 Å². The highest BCUT2D eigenvalue weighted by atomic mass is 35.5. The maximum atomic E-state index is 6.55. The Morgan fingerprint density at radius 2 is 1.88 bits per heavy atom. The minimum Gasteiger partial charge on any atom is -0.361 e. The second-order valence-electron chi connectivity index (χ2n) is 5.08. The van der Waals surface area contributed by atoms with E-state index in [1.54, 1.807) is 0 Å². The summed E-state index contributed by atoms with van der Waals surface area (Å²) in [5.41, 5.74) is 8.52. The van der Waals surface area contributed by atoms with Gasteiger partial charge in [-0.2, -0.15) is 0 Å². The van der Waals surface area contributed by atoms with E-state index in [-0.39, 0.29) is 5.54 Å². The van der Waals surface area contributed by atoms with Crippen molar-refractivity contribution >= 4 is 22.5 Å². The fourth-order valence-electron chi connectivity index (χ4n) is 2.93. The van der Waals surface area contributed by atoms with Crippen LogP contribution in [0.25, 0.3) is 10.9 Å². The predicted octanol–water partition coefficient (Wildman–Crippen LogP) is 3.94. The minimum absolute atomic E-state index is 0.221. The molecule has 2 aromatic rings. The summed E-state index contributed by atoms with van der Waals surface area (Å²) in [6.45, 7) is 0. The fourth-order valence-corrected chi connectivity index (χ4v) is 3.35. The second-order valence-corrected chi connectivity index (χ2v) is 5.46. The van der Waals surface area contributed by atoms with Crippen molar-refractivity contribution in [1.29, 1.82) is 0 Å². The summed E-state index contributed by atoms with van der Waals surface area (Å²) >= 11 is 6.51. The van der Waals surface area contributed by atoms with Gasteiger partial charge < -0.3 is 10.7 Å². The van der Waals surface area contributed by atoms with E-state index in [0.717, 1.165) is 34.3 Å². The summed E-state index contributed by atoms with van der Waals surface area (Å²) in [5, 5.41) is 1.91. The average molecular weight is 249 g/mol. The Bertz CT molecular complexity index is 538. The second kappa shape index (κ2) is 4.04. The lowest BCUT2D eigenvalue weighted by molar-refractivity contribution is 0.303. The zero-order valence-electron chi connectivity index (χ0n) is 9.80. The van der Waals surface area contributed by atoms with E-state index in [1.165, 1.54) is 19.3 Å². The molecular formula is C14H17ClN2. The Hall–Kier alpha value is -0.990. The number of H-pyrrole nitrogens is 1. The number of rotatable bonds is 1. The maximum absolute atomic E-state index is 6.55. The van der Waals surface area contributed by atoms with Crippen molar-refractivity contribution in [3.8, 4) is 0 Å². The number of halogens is 1. The van der Waals surface area contributed by atoms with Gasteiger partial charge in [-0.1, -0.05) is 36.9 Å². The Kier molecular flexibility index (Phi) is 2.64. The number of aromatic nitrogens is 1. The summed E-state index contributed by atoms with van der Waals surface area (Å²) in [6, 6.07) is 6.19. The zero-order chi connectivity index (χ0) is 11.9. The molecule has 1 aliphatic carbocycles. The summed E-state index contributed by atoms with van der Waals surface area (Å²) in [7, 11) is 0. The largest absolute Gasteiger partial charge is 0.361 e. The number of benzene rings is 1. The van der Waals surface area contributed by atoms with E-state index in [1.807, 2.05) is 12.3 Å². The molecule has 1 aliphatic rings. The molecule has 0 unspecified atom stereocenters. The first-order chi connectivity index (χ1) is 8.21. The van der Waals surface area contributed by atoms with Crippen molar-refractivity contribution < 1.29 is 0 Å². The van der Waals surface area contributed by atoms with Crippen molar-refractivity contribution in [1.82, 2.24) is 4.98 Å². The Balaban J connectivity index is 2.12. The molecule has 1 saturated carbocycles. The highest BCUT2D eigenvalue weighted by Gasteiger charge is 2.31. The van der Waals surface area contributed by atoms with Gasteiger partial charge in [0.2, 0.25) is 0 Å². The first-order valence-electron chi connectivity index (χ1n) is 6.26. The van der Waals surface area contributed by atoms with Crippen LogP contribution >= 0.6 is 11.6 Å². The van der Waals surface area contributed by atoms with Gasteiger partial charge in [0, 0.05) is 22.6 Å². The Labute approximate surface area is 106 Å². The summed E-state index contributed by atoms with van der Waals surface area (Å²) < 4.78 is 0. The average Bonchev–Trinajstić information content (AvgIpc) is 2.79. The number of hydrogen-bond acceptors (Lipinski definition) is 1. The molecule has 3 rings (SSSR count). The van der Waals surface area contributed by atoms with E-state index in [9.17, 15) is 0 Å². The summed E-state index contributed by atoms with van der Waals surface area (Å²) in [6.07, 6.45) is 7.72. The number of fused-ring (bicyclic) bond motifs is 1. The molecule has 0 amide bonds. The fraction of sp³-hybridized carbons (Fsp3) is 0.429. The number of nitrogens with one attached hydrogen (secondary N) is 1. The van der Waals surface area contributed by atoms with Crippen molar-refractivity contribution in [2.24, 2.45) is 5.73 Å². The van der Waals surface area contributed by atoms with Gasteiger partial charge in [0.15, 0.2) is 0 Å². The van der Waals surface area contributed by atoms with Gasteiger partial charge in [0.25, 0.3) is 0 Å². The molecule has 2 nitrogen and oxygen atoms in total. The molecule has 0 bridgehead atoms. The third kappa shape index (κ3) is 1.76. The molecule has 3 heteroatoms. The Morgan fingerprint density at radius 1 is 1.12 bits per heavy atom. The molecule has 0 atom stereocenters. The van der Waals surface area contributed by atoms with Crippen LogP contribution in [0.4, 0.5) is 0 Å². The lowest BCUT2D eigenvalue weighted by Crippen LogP contribution is -2.38. The standard InChI is InChI=1S/C14H17ClN2/c15-13-10-6-9-17-12(10)5-4-11(13)14(16)7-2-1-3-8-14/h4-6,9,17H,1-3,7-8,16H2. The first kappa shape index (κ1) is 11.1. The van der Waals surface area contributed by atoms with E-state index < -0.39 is 0 Å². The van der Waals surface area contributed by atoms with Gasteiger partial charge in [-0.3, -0.25) is 0 Å². The van der Waals surface area contributed by atoms with Gasteiger partial charge >= 0.3 is 0 Å². The molecule has 3 N–H and O–H groups in total. The molecule has 0 aliphatic heterocycles. The van der Waals surface area contributed by atoms with Crippen LogP contribution in [0.3, 0.4) is 0 Å². The van der Waals surface area contributed by atoms with Gasteiger partial charge in [0.1, 0.15) is 0 Å². The number of aromatic amines is 1. The molecule has 1 fully saturated rings. The van der Waals surface area contributed by atoms with Crippen LogP contribution in [0.15, 0.2) is 24.4 Å². The highest BCUT2D eigenvalue weighted by Crippen LogP contribution is 2.40. The van der Waals surface area contributed by atoms with E-state index in [4.69, 9.17) is 17.3 Å². The van der Waals surface area contributed by atoms with Crippen LogP contribution in [0.2, 0.25) is 5.02 Å². The number of nitrogens with two attached hydrogens (primary N) is 1. The maximum Gasteiger partial charge on any atom is 0.0550 e. The highest BCUT2D eigenvalue weighted by molar-refractivity contribution is 6.36. The monoisotopic (exact) mass is 248 g/mol. The van der Waals surface area contributed by atoms with Gasteiger partial charge in [-0.25, -0.2) is 0 Å². The lowest BCUT2D eigenvalue weighted by atomic mass is 9.77. The molecule has 90 valence electrons. The van der Waals surface area contributed by atoms with E-state index in [0.29, 0.717) is 0 Å². The van der Waals surface area contributed by atoms with Crippen molar-refractivity contribution in [3.05, 3.63) is 35.0 Å². The quantitative estimate of drug-likeness (QED) is 0.789. The topological polar surface area (TPSA) is 41.8 Å². The molecule has 1 heterocycles. The third-order valence-corrected chi connectivity index (χ3v) is 4.36. The summed E-state index contributed by atoms with van der Waals surface area (Å²) in [4.78, 5) is 3.18. The number of hydrogen-bond donors (Lipinski definition) is 2. The van der Waals surface area contributed by atoms with Gasteiger partial charge in [-0.15, -0.1) is 0 Å². The van der Waals surface area contributed by atoms with Gasteiger partial charge in [-0.05, 0) is 30.5 Å². The molecule has 0 saturated heterocycles. The molecule has 1 aromatic carbocycles. The summed E-state index contributed by atoms with van der Waals surface area (Å²) in [5.74, 6) is 0. The zero-order valence-corrected chi connectivity index (χ0v) is 10.6. The smallest absolute Gasteiger partial charge is 0.0550 e. The molecule has 0 radical (unpaired) electrons.